The zero-order valence-electron chi connectivity index (χ0n) is 20.7. The van der Waals surface area contributed by atoms with Crippen LogP contribution in [0.4, 0.5) is 0 Å². The third-order valence-corrected chi connectivity index (χ3v) is 7.44. The van der Waals surface area contributed by atoms with Gasteiger partial charge in [-0.15, -0.1) is 0 Å². The smallest absolute Gasteiger partial charge is 0.245 e. The molecule has 8 heteroatoms. The number of rotatable bonds is 3. The Bertz CT molecular complexity index is 1450. The molecule has 2 aliphatic rings. The number of amides is 1. The Morgan fingerprint density at radius 2 is 1.91 bits per heavy atom. The van der Waals surface area contributed by atoms with Crippen molar-refractivity contribution in [2.45, 2.75) is 45.2 Å². The number of imidazole rings is 1. The molecule has 35 heavy (non-hydrogen) atoms. The summed E-state index contributed by atoms with van der Waals surface area (Å²) in [5.74, 6) is 1.44. The van der Waals surface area contributed by atoms with E-state index in [1.807, 2.05) is 49.9 Å². The Kier molecular flexibility index (Phi) is 5.21. The lowest BCUT2D eigenvalue weighted by Crippen LogP contribution is -2.40. The van der Waals surface area contributed by atoms with Crippen LogP contribution in [0.1, 0.15) is 48.9 Å². The number of hydrogen-bond donors (Lipinski definition) is 0. The number of nitrogens with zero attached hydrogens (tertiary/aromatic N) is 6. The molecule has 6 rings (SSSR count). The average molecular weight is 471 g/mol. The molecule has 8 nitrogen and oxygen atoms in total. The normalized spacial score (nSPS) is 18.9. The van der Waals surface area contributed by atoms with Crippen LogP contribution in [-0.4, -0.2) is 55.4 Å². The zero-order valence-corrected chi connectivity index (χ0v) is 20.7. The van der Waals surface area contributed by atoms with Crippen LogP contribution in [0, 0.1) is 6.92 Å². The summed E-state index contributed by atoms with van der Waals surface area (Å²) in [6.07, 6.45) is 5.82. The van der Waals surface area contributed by atoms with Crippen LogP contribution in [0.5, 0.6) is 0 Å². The molecule has 180 valence electrons. The molecule has 0 saturated carbocycles. The topological polar surface area (TPSA) is 78.1 Å². The summed E-state index contributed by atoms with van der Waals surface area (Å²) in [6.45, 7) is 6.01. The highest BCUT2D eigenvalue weighted by molar-refractivity contribution is 5.97. The monoisotopic (exact) mass is 470 g/mol. The van der Waals surface area contributed by atoms with Gasteiger partial charge in [-0.25, -0.2) is 4.98 Å². The molecule has 0 N–H and O–H groups in total. The van der Waals surface area contributed by atoms with E-state index in [-0.39, 0.29) is 11.9 Å². The molecule has 3 aromatic heterocycles. The number of pyridine rings is 1. The van der Waals surface area contributed by atoms with Gasteiger partial charge in [0.2, 0.25) is 5.91 Å². The fourth-order valence-corrected chi connectivity index (χ4v) is 5.64. The maximum atomic E-state index is 12.9. The van der Waals surface area contributed by atoms with Gasteiger partial charge in [-0.2, -0.15) is 5.10 Å². The lowest BCUT2D eigenvalue weighted by atomic mass is 9.98. The van der Waals surface area contributed by atoms with Crippen LogP contribution in [0.25, 0.3) is 33.3 Å². The van der Waals surface area contributed by atoms with Crippen molar-refractivity contribution < 1.29 is 9.53 Å². The first-order chi connectivity index (χ1) is 16.9. The number of aryl methyl sites for hydroxylation is 2. The Hall–Kier alpha value is -3.52. The van der Waals surface area contributed by atoms with E-state index in [9.17, 15) is 4.79 Å². The quantitative estimate of drug-likeness (QED) is 0.448. The summed E-state index contributed by atoms with van der Waals surface area (Å²) >= 11 is 0. The Balaban J connectivity index is 1.52. The lowest BCUT2D eigenvalue weighted by Gasteiger charge is -2.32. The van der Waals surface area contributed by atoms with Crippen LogP contribution in [0.2, 0.25) is 0 Å². The molecular weight excluding hydrogens is 440 g/mol. The van der Waals surface area contributed by atoms with E-state index in [2.05, 4.69) is 33.9 Å². The van der Waals surface area contributed by atoms with Gasteiger partial charge in [0.05, 0.1) is 29.3 Å². The Morgan fingerprint density at radius 1 is 1.11 bits per heavy atom. The zero-order chi connectivity index (χ0) is 24.3. The van der Waals surface area contributed by atoms with Gasteiger partial charge in [-0.3, -0.25) is 14.5 Å². The van der Waals surface area contributed by atoms with Crippen LogP contribution >= 0.6 is 0 Å². The first-order valence-corrected chi connectivity index (χ1v) is 12.3. The molecule has 1 amide bonds. The highest BCUT2D eigenvalue weighted by Crippen LogP contribution is 2.39. The van der Waals surface area contributed by atoms with Crippen molar-refractivity contribution in [1.82, 2.24) is 29.2 Å². The number of carbonyl (C=O) groups excluding carboxylic acids is 1. The molecule has 1 saturated heterocycles. The number of benzene rings is 1. The van der Waals surface area contributed by atoms with Gasteiger partial charge in [-0.05, 0) is 38.1 Å². The number of aromatic nitrogens is 5. The molecule has 1 aromatic carbocycles. The first kappa shape index (κ1) is 22.0. The Labute approximate surface area is 204 Å². The van der Waals surface area contributed by atoms with E-state index in [0.717, 1.165) is 76.6 Å². The summed E-state index contributed by atoms with van der Waals surface area (Å²) in [5, 5.41) is 6.64. The number of carbonyl (C=O) groups is 1. The van der Waals surface area contributed by atoms with Gasteiger partial charge < -0.3 is 14.2 Å². The summed E-state index contributed by atoms with van der Waals surface area (Å²) in [5.41, 5.74) is 6.02. The van der Waals surface area contributed by atoms with E-state index in [4.69, 9.17) is 14.7 Å². The summed E-state index contributed by atoms with van der Waals surface area (Å²) in [6, 6.07) is 8.19. The summed E-state index contributed by atoms with van der Waals surface area (Å²) in [7, 11) is 3.80. The molecule has 1 fully saturated rings. The van der Waals surface area contributed by atoms with E-state index >= 15 is 0 Å². The second-order valence-corrected chi connectivity index (χ2v) is 9.79. The number of ether oxygens (including phenoxy) is 1. The van der Waals surface area contributed by atoms with Crippen molar-refractivity contribution in [3.05, 3.63) is 53.9 Å². The van der Waals surface area contributed by atoms with Gasteiger partial charge in [0, 0.05) is 62.1 Å². The van der Waals surface area contributed by atoms with Gasteiger partial charge in [-0.1, -0.05) is 18.2 Å². The molecule has 2 aliphatic heterocycles. The lowest BCUT2D eigenvalue weighted by molar-refractivity contribution is -0.135. The van der Waals surface area contributed by atoms with Crippen LogP contribution in [0.15, 0.2) is 36.7 Å². The first-order valence-electron chi connectivity index (χ1n) is 12.3. The van der Waals surface area contributed by atoms with Crippen molar-refractivity contribution in [2.75, 3.05) is 20.3 Å². The molecule has 0 aliphatic carbocycles. The maximum absolute atomic E-state index is 12.9. The molecule has 5 heterocycles. The molecule has 4 aromatic rings. The van der Waals surface area contributed by atoms with Crippen molar-refractivity contribution >= 4 is 16.7 Å². The van der Waals surface area contributed by atoms with Gasteiger partial charge in [0.25, 0.3) is 0 Å². The highest BCUT2D eigenvalue weighted by atomic mass is 16.5. The van der Waals surface area contributed by atoms with Crippen molar-refractivity contribution in [2.24, 2.45) is 7.05 Å². The van der Waals surface area contributed by atoms with Crippen molar-refractivity contribution in [1.29, 1.82) is 0 Å². The highest BCUT2D eigenvalue weighted by Gasteiger charge is 2.36. The Morgan fingerprint density at radius 3 is 2.66 bits per heavy atom. The van der Waals surface area contributed by atoms with E-state index in [1.165, 1.54) is 0 Å². The maximum Gasteiger partial charge on any atom is 0.245 e. The predicted molar refractivity (Wildman–Crippen MR) is 134 cm³/mol. The van der Waals surface area contributed by atoms with E-state index in [1.54, 1.807) is 0 Å². The van der Waals surface area contributed by atoms with Crippen molar-refractivity contribution in [3.63, 3.8) is 0 Å². The van der Waals surface area contributed by atoms with Crippen LogP contribution < -0.4 is 0 Å². The molecule has 0 spiro atoms. The third kappa shape index (κ3) is 3.55. The second-order valence-electron chi connectivity index (χ2n) is 9.79. The predicted octanol–water partition coefficient (Wildman–Crippen LogP) is 4.23. The largest absolute Gasteiger partial charge is 0.381 e. The van der Waals surface area contributed by atoms with E-state index < -0.39 is 0 Å². The average Bonchev–Trinajstić information content (AvgIpc) is 3.41. The molecule has 1 atom stereocenters. The molecular formula is C27H30N6O2. The molecule has 0 bridgehead atoms. The fourth-order valence-electron chi connectivity index (χ4n) is 5.64. The third-order valence-electron chi connectivity index (χ3n) is 7.44. The minimum absolute atomic E-state index is 0.130. The van der Waals surface area contributed by atoms with Crippen molar-refractivity contribution in [3.8, 4) is 22.5 Å². The standard InChI is InChI=1S/C27H30N6O2/c1-16-22(14-32(4)30-16)23-12-19-6-5-7-20(21(19)13-28-23)25-24-15-31(3)27(34)17(2)33(24)26(29-25)18-8-10-35-11-9-18/h5-7,12-14,17-18H,8-11,15H2,1-4H3/t17-/m0/s1. The SMILES string of the molecule is Cc1nn(C)cc1-c1cc2cccc(-c3nc(C4CCOCC4)n4c3CN(C)C(=O)[C@@H]4C)c2cn1. The summed E-state index contributed by atoms with van der Waals surface area (Å²) in [4.78, 5) is 24.8. The minimum Gasteiger partial charge on any atom is -0.381 e. The summed E-state index contributed by atoms with van der Waals surface area (Å²) < 4.78 is 9.63. The minimum atomic E-state index is -0.267. The number of hydrogen-bond acceptors (Lipinski definition) is 5. The number of likely N-dealkylation sites (N-methyl/N-ethyl adjacent to an activating group) is 1. The fraction of sp³-hybridized carbons (Fsp3) is 0.407. The van der Waals surface area contributed by atoms with Gasteiger partial charge >= 0.3 is 0 Å². The number of fused-ring (bicyclic) bond motifs is 2. The molecule has 0 unspecified atom stereocenters. The van der Waals surface area contributed by atoms with Crippen LogP contribution in [-0.2, 0) is 23.1 Å². The van der Waals surface area contributed by atoms with Gasteiger partial charge in [0.15, 0.2) is 0 Å². The second kappa shape index (κ2) is 8.30. The van der Waals surface area contributed by atoms with E-state index in [0.29, 0.717) is 12.5 Å². The van der Waals surface area contributed by atoms with Crippen LogP contribution in [0.3, 0.4) is 0 Å². The molecule has 0 radical (unpaired) electrons. The van der Waals surface area contributed by atoms with Gasteiger partial charge in [0.1, 0.15) is 11.9 Å².